The van der Waals surface area contributed by atoms with Crippen LogP contribution in [0.4, 0.5) is 5.95 Å². The number of amides is 1. The molecule has 1 heterocycles. The van der Waals surface area contributed by atoms with Crippen molar-refractivity contribution in [3.63, 3.8) is 0 Å². The number of nitrogens with one attached hydrogen (secondary N) is 2. The molecule has 22 heavy (non-hydrogen) atoms. The van der Waals surface area contributed by atoms with Crippen LogP contribution in [0.3, 0.4) is 0 Å². The molecule has 0 bridgehead atoms. The van der Waals surface area contributed by atoms with Crippen molar-refractivity contribution < 1.29 is 4.79 Å². The van der Waals surface area contributed by atoms with E-state index in [0.29, 0.717) is 17.6 Å². The zero-order valence-electron chi connectivity index (χ0n) is 12.7. The summed E-state index contributed by atoms with van der Waals surface area (Å²) in [5, 5.41) is 9.69. The Morgan fingerprint density at radius 1 is 1.41 bits per heavy atom. The molecule has 0 fully saturated rings. The molecule has 1 amide bonds. The largest absolute Gasteiger partial charge is 0.368 e. The predicted octanol–water partition coefficient (Wildman–Crippen LogP) is 2.18. The van der Waals surface area contributed by atoms with E-state index >= 15 is 0 Å². The molecular weight excluding hydrogens is 298 g/mol. The number of thioether (sulfide) groups is 1. The second-order valence-electron chi connectivity index (χ2n) is 5.02. The number of nitrogen functional groups attached to an aromatic ring is 1. The normalized spacial score (nSPS) is 13.5. The first-order valence-electron chi connectivity index (χ1n) is 7.27. The van der Waals surface area contributed by atoms with Crippen LogP contribution in [-0.2, 0) is 4.79 Å². The maximum Gasteiger partial charge on any atom is 0.233 e. The molecule has 0 aliphatic heterocycles. The summed E-state index contributed by atoms with van der Waals surface area (Å²) >= 11 is 1.28. The van der Waals surface area contributed by atoms with Crippen molar-refractivity contribution in [1.29, 1.82) is 0 Å². The Labute approximate surface area is 134 Å². The number of rotatable bonds is 7. The molecule has 0 unspecified atom stereocenters. The molecule has 0 radical (unpaired) electrons. The molecule has 0 spiro atoms. The number of aromatic amines is 1. The van der Waals surface area contributed by atoms with E-state index in [2.05, 4.69) is 39.6 Å². The predicted molar refractivity (Wildman–Crippen MR) is 88.6 cm³/mol. The minimum atomic E-state index is -0.275. The van der Waals surface area contributed by atoms with E-state index < -0.39 is 0 Å². The van der Waals surface area contributed by atoms with Gasteiger partial charge < -0.3 is 11.1 Å². The van der Waals surface area contributed by atoms with Gasteiger partial charge in [-0.15, -0.1) is 5.10 Å². The average molecular weight is 319 g/mol. The van der Waals surface area contributed by atoms with Gasteiger partial charge in [0.1, 0.15) is 0 Å². The van der Waals surface area contributed by atoms with Gasteiger partial charge in [0.25, 0.3) is 0 Å². The molecule has 0 aliphatic rings. The molecule has 6 nitrogen and oxygen atoms in total. The third-order valence-electron chi connectivity index (χ3n) is 3.42. The summed E-state index contributed by atoms with van der Waals surface area (Å²) in [6.07, 6.45) is 0.975. The number of anilines is 1. The van der Waals surface area contributed by atoms with Crippen molar-refractivity contribution in [1.82, 2.24) is 20.5 Å². The number of benzene rings is 1. The Bertz CT molecular complexity index is 601. The van der Waals surface area contributed by atoms with E-state index in [4.69, 9.17) is 5.73 Å². The fourth-order valence-corrected chi connectivity index (χ4v) is 2.87. The second kappa shape index (κ2) is 7.84. The van der Waals surface area contributed by atoms with Crippen LogP contribution in [0.25, 0.3) is 0 Å². The molecule has 1 aromatic heterocycles. The van der Waals surface area contributed by atoms with Gasteiger partial charge in [0.2, 0.25) is 17.0 Å². The first kappa shape index (κ1) is 16.4. The van der Waals surface area contributed by atoms with Crippen molar-refractivity contribution in [2.45, 2.75) is 36.6 Å². The Morgan fingerprint density at radius 2 is 2.14 bits per heavy atom. The zero-order chi connectivity index (χ0) is 15.9. The number of carbonyl (C=O) groups excluding carboxylic acids is 1. The fourth-order valence-electron chi connectivity index (χ4n) is 2.11. The lowest BCUT2D eigenvalue weighted by Crippen LogP contribution is -2.34. The van der Waals surface area contributed by atoms with Gasteiger partial charge in [0.05, 0.1) is 5.25 Å². The van der Waals surface area contributed by atoms with Crippen LogP contribution in [-0.4, -0.2) is 32.9 Å². The highest BCUT2D eigenvalue weighted by Gasteiger charge is 2.18. The minimum absolute atomic E-state index is 0.0252. The molecular formula is C15H21N5OS. The molecule has 4 N–H and O–H groups in total. The third-order valence-corrected chi connectivity index (χ3v) is 4.38. The van der Waals surface area contributed by atoms with Crippen LogP contribution < -0.4 is 11.1 Å². The van der Waals surface area contributed by atoms with Gasteiger partial charge in [0, 0.05) is 12.5 Å². The van der Waals surface area contributed by atoms with Crippen LogP contribution in [0.1, 0.15) is 31.7 Å². The Morgan fingerprint density at radius 3 is 2.73 bits per heavy atom. The molecule has 1 aromatic carbocycles. The number of hydrogen-bond acceptors (Lipinski definition) is 5. The monoisotopic (exact) mass is 319 g/mol. The third kappa shape index (κ3) is 4.49. The van der Waals surface area contributed by atoms with Gasteiger partial charge in [-0.1, -0.05) is 49.0 Å². The fraction of sp³-hybridized carbons (Fsp3) is 0.400. The maximum absolute atomic E-state index is 12.2. The van der Waals surface area contributed by atoms with Crippen molar-refractivity contribution in [3.05, 3.63) is 35.9 Å². The van der Waals surface area contributed by atoms with Gasteiger partial charge in [-0.2, -0.15) is 4.98 Å². The summed E-state index contributed by atoms with van der Waals surface area (Å²) in [6.45, 7) is 4.58. The smallest absolute Gasteiger partial charge is 0.233 e. The summed E-state index contributed by atoms with van der Waals surface area (Å²) in [6, 6.07) is 10.2. The van der Waals surface area contributed by atoms with Gasteiger partial charge in [-0.05, 0) is 18.9 Å². The summed E-state index contributed by atoms with van der Waals surface area (Å²) in [5.41, 5.74) is 6.71. The summed E-state index contributed by atoms with van der Waals surface area (Å²) in [5.74, 6) is 0.550. The molecule has 0 saturated heterocycles. The standard InChI is InChI=1S/C15H21N5OS/c1-3-11(12-7-5-4-6-8-12)9-17-13(21)10(2)22-15-18-14(16)19-20-15/h4-8,10-11H,3,9H2,1-2H3,(H,17,21)(H3,16,18,19,20)/t10-,11-/m0/s1. The summed E-state index contributed by atoms with van der Waals surface area (Å²) in [7, 11) is 0. The van der Waals surface area contributed by atoms with Crippen molar-refractivity contribution in [2.24, 2.45) is 0 Å². The van der Waals surface area contributed by atoms with Gasteiger partial charge in [-0.25, -0.2) is 5.10 Å². The van der Waals surface area contributed by atoms with E-state index in [1.165, 1.54) is 17.3 Å². The number of nitrogens with two attached hydrogens (primary N) is 1. The van der Waals surface area contributed by atoms with E-state index in [1.54, 1.807) is 0 Å². The lowest BCUT2D eigenvalue weighted by molar-refractivity contribution is -0.120. The Balaban J connectivity index is 1.85. The van der Waals surface area contributed by atoms with Crippen LogP contribution in [0, 0.1) is 0 Å². The molecule has 2 atom stereocenters. The highest BCUT2D eigenvalue weighted by atomic mass is 32.2. The van der Waals surface area contributed by atoms with Gasteiger partial charge >= 0.3 is 0 Å². The summed E-state index contributed by atoms with van der Waals surface area (Å²) in [4.78, 5) is 16.2. The highest BCUT2D eigenvalue weighted by molar-refractivity contribution is 8.00. The first-order chi connectivity index (χ1) is 10.6. The molecule has 2 aromatic rings. The topological polar surface area (TPSA) is 96.7 Å². The summed E-state index contributed by atoms with van der Waals surface area (Å²) < 4.78 is 0. The number of hydrogen-bond donors (Lipinski definition) is 3. The van der Waals surface area contributed by atoms with Crippen molar-refractivity contribution >= 4 is 23.6 Å². The van der Waals surface area contributed by atoms with Gasteiger partial charge in [0.15, 0.2) is 0 Å². The van der Waals surface area contributed by atoms with E-state index in [0.717, 1.165) is 6.42 Å². The molecule has 2 rings (SSSR count). The highest BCUT2D eigenvalue weighted by Crippen LogP contribution is 2.21. The molecule has 0 saturated carbocycles. The number of nitrogens with zero attached hydrogens (tertiary/aromatic N) is 2. The number of H-pyrrole nitrogens is 1. The molecule has 0 aliphatic carbocycles. The quantitative estimate of drug-likeness (QED) is 0.680. The van der Waals surface area contributed by atoms with Crippen LogP contribution in [0.2, 0.25) is 0 Å². The minimum Gasteiger partial charge on any atom is -0.368 e. The SMILES string of the molecule is CC[C@@H](CNC(=O)[C@H](C)Sc1n[nH]c(N)n1)c1ccccc1. The van der Waals surface area contributed by atoms with Crippen molar-refractivity contribution in [3.8, 4) is 0 Å². The van der Waals surface area contributed by atoms with Crippen molar-refractivity contribution in [2.75, 3.05) is 12.3 Å². The Kier molecular flexibility index (Phi) is 5.83. The lowest BCUT2D eigenvalue weighted by Gasteiger charge is -2.17. The second-order valence-corrected chi connectivity index (χ2v) is 6.33. The number of carbonyl (C=O) groups is 1. The van der Waals surface area contributed by atoms with E-state index in [9.17, 15) is 4.79 Å². The average Bonchev–Trinajstić information content (AvgIpc) is 2.93. The number of aromatic nitrogens is 3. The Hall–Kier alpha value is -2.02. The van der Waals surface area contributed by atoms with Crippen LogP contribution >= 0.6 is 11.8 Å². The molecule has 7 heteroatoms. The van der Waals surface area contributed by atoms with E-state index in [-0.39, 0.29) is 17.1 Å². The van der Waals surface area contributed by atoms with Gasteiger partial charge in [-0.3, -0.25) is 4.79 Å². The molecule has 118 valence electrons. The van der Waals surface area contributed by atoms with Crippen LogP contribution in [0.5, 0.6) is 0 Å². The maximum atomic E-state index is 12.2. The first-order valence-corrected chi connectivity index (χ1v) is 8.15. The van der Waals surface area contributed by atoms with Crippen LogP contribution in [0.15, 0.2) is 35.5 Å². The lowest BCUT2D eigenvalue weighted by atomic mass is 9.96. The zero-order valence-corrected chi connectivity index (χ0v) is 13.6. The van der Waals surface area contributed by atoms with E-state index in [1.807, 2.05) is 25.1 Å².